The lowest BCUT2D eigenvalue weighted by atomic mass is 9.98. The summed E-state index contributed by atoms with van der Waals surface area (Å²) in [5.74, 6) is -0.241. The summed E-state index contributed by atoms with van der Waals surface area (Å²) < 4.78 is 16.3. The predicted molar refractivity (Wildman–Crippen MR) is 140 cm³/mol. The highest BCUT2D eigenvalue weighted by Crippen LogP contribution is 2.40. The molecule has 3 atom stereocenters. The summed E-state index contributed by atoms with van der Waals surface area (Å²) >= 11 is 1.69. The van der Waals surface area contributed by atoms with Gasteiger partial charge in [0.05, 0.1) is 17.8 Å². The lowest BCUT2D eigenvalue weighted by Crippen LogP contribution is -2.56. The van der Waals surface area contributed by atoms with Gasteiger partial charge in [0.2, 0.25) is 0 Å². The number of benzene rings is 1. The quantitative estimate of drug-likeness (QED) is 0.362. The summed E-state index contributed by atoms with van der Waals surface area (Å²) in [5, 5.41) is 13.2. The third-order valence-corrected chi connectivity index (χ3v) is 8.19. The van der Waals surface area contributed by atoms with Gasteiger partial charge in [-0.25, -0.2) is 4.39 Å². The van der Waals surface area contributed by atoms with Gasteiger partial charge in [-0.05, 0) is 77.9 Å². The van der Waals surface area contributed by atoms with Crippen LogP contribution in [-0.2, 0) is 13.0 Å². The van der Waals surface area contributed by atoms with Crippen LogP contribution in [0.4, 0.5) is 4.39 Å². The largest absolute Gasteiger partial charge is 0.335 e. The van der Waals surface area contributed by atoms with E-state index in [0.717, 1.165) is 42.6 Å². The first kappa shape index (κ1) is 23.9. The Hall–Kier alpha value is -3.43. The van der Waals surface area contributed by atoms with E-state index in [4.69, 9.17) is 0 Å². The van der Waals surface area contributed by atoms with Crippen molar-refractivity contribution >= 4 is 17.2 Å². The number of aryl methyl sites for hydroxylation is 3. The summed E-state index contributed by atoms with van der Waals surface area (Å²) in [4.78, 5) is 21.9. The summed E-state index contributed by atoms with van der Waals surface area (Å²) in [6.07, 6.45) is 8.26. The Kier molecular flexibility index (Phi) is 6.56. The van der Waals surface area contributed by atoms with E-state index in [1.165, 1.54) is 11.6 Å². The number of pyridine rings is 1. The first-order valence-corrected chi connectivity index (χ1v) is 13.6. The first-order valence-electron chi connectivity index (χ1n) is 12.7. The zero-order valence-corrected chi connectivity index (χ0v) is 21.5. The van der Waals surface area contributed by atoms with Gasteiger partial charge in [-0.1, -0.05) is 17.3 Å². The molecule has 190 valence electrons. The molecule has 1 aromatic carbocycles. The number of carbonyl (C=O) groups excluding carboxylic acids is 1. The predicted octanol–water partition coefficient (Wildman–Crippen LogP) is 4.50. The average Bonchev–Trinajstić information content (AvgIpc) is 3.63. The maximum atomic E-state index is 14.4. The van der Waals surface area contributed by atoms with Crippen LogP contribution in [0.3, 0.4) is 0 Å². The standard InChI is InChI=1S/C28H29FN6OS/c1-19-11-22(14-30-13-19)28(36)33-15-24-5-6-25(16-33)35(24)27(21-3-2-4-23(29)12-21)26-17-34(32-31-26)9-7-20-8-10-37-18-20/h2-4,8,10-14,17-18,24-25,27H,5-7,9,15-16H2,1H3/t24-,25+,27-/m0/s1. The number of hydrogen-bond acceptors (Lipinski definition) is 6. The second-order valence-corrected chi connectivity index (χ2v) is 10.8. The zero-order valence-electron chi connectivity index (χ0n) is 20.7. The van der Waals surface area contributed by atoms with Crippen molar-refractivity contribution in [3.8, 4) is 0 Å². The van der Waals surface area contributed by atoms with Crippen LogP contribution in [0.5, 0.6) is 0 Å². The number of halogens is 1. The van der Waals surface area contributed by atoms with Crippen LogP contribution in [-0.4, -0.2) is 60.9 Å². The number of fused-ring (bicyclic) bond motifs is 2. The van der Waals surface area contributed by atoms with Crippen LogP contribution >= 0.6 is 11.3 Å². The fourth-order valence-corrected chi connectivity index (χ4v) is 6.48. The number of thiophene rings is 1. The Morgan fingerprint density at radius 2 is 2.00 bits per heavy atom. The van der Waals surface area contributed by atoms with Gasteiger partial charge in [0, 0.05) is 44.1 Å². The van der Waals surface area contributed by atoms with Crippen molar-refractivity contribution < 1.29 is 9.18 Å². The van der Waals surface area contributed by atoms with Gasteiger partial charge < -0.3 is 4.90 Å². The third-order valence-electron chi connectivity index (χ3n) is 7.46. The highest BCUT2D eigenvalue weighted by atomic mass is 32.1. The minimum atomic E-state index is -0.263. The Morgan fingerprint density at radius 3 is 2.73 bits per heavy atom. The van der Waals surface area contributed by atoms with Crippen LogP contribution in [0.2, 0.25) is 0 Å². The highest BCUT2D eigenvalue weighted by molar-refractivity contribution is 7.07. The Balaban J connectivity index is 1.27. The van der Waals surface area contributed by atoms with E-state index in [0.29, 0.717) is 18.7 Å². The van der Waals surface area contributed by atoms with E-state index in [1.54, 1.807) is 35.9 Å². The fraction of sp³-hybridized carbons (Fsp3) is 0.357. The molecular formula is C28H29FN6OS. The summed E-state index contributed by atoms with van der Waals surface area (Å²) in [6.45, 7) is 3.94. The SMILES string of the molecule is Cc1cncc(C(=O)N2C[C@H]3CC[C@@H](C2)N3[C@@H](c2cccc(F)c2)c2cn(CCc3ccsc3)nn2)c1. The number of aromatic nitrogens is 4. The van der Waals surface area contributed by atoms with Crippen LogP contribution in [0, 0.1) is 12.7 Å². The summed E-state index contributed by atoms with van der Waals surface area (Å²) in [5.41, 5.74) is 4.56. The van der Waals surface area contributed by atoms with E-state index < -0.39 is 0 Å². The Morgan fingerprint density at radius 1 is 1.16 bits per heavy atom. The van der Waals surface area contributed by atoms with Gasteiger partial charge in [-0.2, -0.15) is 11.3 Å². The molecule has 6 rings (SSSR count). The molecule has 0 spiro atoms. The second kappa shape index (κ2) is 10.1. The molecule has 9 heteroatoms. The van der Waals surface area contributed by atoms with Gasteiger partial charge in [-0.15, -0.1) is 5.10 Å². The molecule has 4 aromatic rings. The molecule has 2 bridgehead atoms. The molecule has 0 aliphatic carbocycles. The normalized spacial score (nSPS) is 20.3. The molecule has 0 unspecified atom stereocenters. The van der Waals surface area contributed by atoms with Crippen molar-refractivity contribution in [2.45, 2.75) is 50.9 Å². The van der Waals surface area contributed by atoms with E-state index in [-0.39, 0.29) is 29.8 Å². The topological polar surface area (TPSA) is 67.2 Å². The van der Waals surface area contributed by atoms with Gasteiger partial charge in [0.15, 0.2) is 0 Å². The number of nitrogens with zero attached hydrogens (tertiary/aromatic N) is 6. The number of rotatable bonds is 7. The monoisotopic (exact) mass is 516 g/mol. The van der Waals surface area contributed by atoms with Gasteiger partial charge in [0.25, 0.3) is 5.91 Å². The number of piperazine rings is 1. The Bertz CT molecular complexity index is 1370. The molecule has 0 saturated carbocycles. The second-order valence-electron chi connectivity index (χ2n) is 10.0. The first-order chi connectivity index (χ1) is 18.0. The molecule has 5 heterocycles. The van der Waals surface area contributed by atoms with Crippen molar-refractivity contribution in [2.24, 2.45) is 0 Å². The van der Waals surface area contributed by atoms with Crippen LogP contribution in [0.15, 0.2) is 65.7 Å². The maximum absolute atomic E-state index is 14.4. The van der Waals surface area contributed by atoms with Crippen molar-refractivity contribution in [1.82, 2.24) is 29.8 Å². The molecule has 3 aromatic heterocycles. The Labute approximate surface area is 219 Å². The minimum Gasteiger partial charge on any atom is -0.335 e. The van der Waals surface area contributed by atoms with Crippen LogP contribution in [0.25, 0.3) is 0 Å². The molecule has 2 fully saturated rings. The van der Waals surface area contributed by atoms with Crippen molar-refractivity contribution in [2.75, 3.05) is 13.1 Å². The highest BCUT2D eigenvalue weighted by Gasteiger charge is 2.46. The molecule has 2 aliphatic heterocycles. The maximum Gasteiger partial charge on any atom is 0.255 e. The van der Waals surface area contributed by atoms with E-state index in [1.807, 2.05) is 34.8 Å². The van der Waals surface area contributed by atoms with Crippen molar-refractivity contribution in [1.29, 1.82) is 0 Å². The van der Waals surface area contributed by atoms with Crippen LogP contribution < -0.4 is 0 Å². The zero-order chi connectivity index (χ0) is 25.4. The fourth-order valence-electron chi connectivity index (χ4n) is 5.78. The van der Waals surface area contributed by atoms with Gasteiger partial charge in [-0.3, -0.25) is 19.4 Å². The van der Waals surface area contributed by atoms with Gasteiger partial charge in [0.1, 0.15) is 11.5 Å². The van der Waals surface area contributed by atoms with Crippen LogP contribution in [0.1, 0.15) is 51.6 Å². The number of amides is 1. The molecule has 0 radical (unpaired) electrons. The van der Waals surface area contributed by atoms with E-state index >= 15 is 0 Å². The molecule has 7 nitrogen and oxygen atoms in total. The van der Waals surface area contributed by atoms with Crippen molar-refractivity contribution in [3.63, 3.8) is 0 Å². The summed E-state index contributed by atoms with van der Waals surface area (Å²) in [7, 11) is 0. The average molecular weight is 517 g/mol. The van der Waals surface area contributed by atoms with Gasteiger partial charge >= 0.3 is 0 Å². The lowest BCUT2D eigenvalue weighted by Gasteiger charge is -2.44. The smallest absolute Gasteiger partial charge is 0.255 e. The van der Waals surface area contributed by atoms with E-state index in [9.17, 15) is 9.18 Å². The summed E-state index contributed by atoms with van der Waals surface area (Å²) in [6, 6.07) is 10.9. The lowest BCUT2D eigenvalue weighted by molar-refractivity contribution is 0.0333. The number of hydrogen-bond donors (Lipinski definition) is 0. The molecule has 37 heavy (non-hydrogen) atoms. The van der Waals surface area contributed by atoms with Crippen molar-refractivity contribution in [3.05, 3.63) is 99.5 Å². The molecule has 0 N–H and O–H groups in total. The molecule has 2 aliphatic rings. The molecule has 1 amide bonds. The third kappa shape index (κ3) is 4.93. The molecular weight excluding hydrogens is 487 g/mol. The minimum absolute atomic E-state index is 0.0226. The van der Waals surface area contributed by atoms with E-state index in [2.05, 4.69) is 37.0 Å². The molecule has 2 saturated heterocycles. The number of likely N-dealkylation sites (tertiary alicyclic amines) is 1. The number of carbonyl (C=O) groups is 1.